The molecular weight excluding hydrogens is 284 g/mol. The second kappa shape index (κ2) is 4.72. The monoisotopic (exact) mass is 310 g/mol. The highest BCUT2D eigenvalue weighted by molar-refractivity contribution is 5.79. The van der Waals surface area contributed by atoms with Crippen molar-refractivity contribution in [3.8, 4) is 0 Å². The molecule has 0 unspecified atom stereocenters. The second-order valence-electron chi connectivity index (χ2n) is 8.55. The van der Waals surface area contributed by atoms with E-state index in [1.165, 1.54) is 30.4 Å². The molecule has 0 bridgehead atoms. The third kappa shape index (κ3) is 2.03. The van der Waals surface area contributed by atoms with Gasteiger partial charge in [-0.05, 0) is 36.2 Å². The minimum Gasteiger partial charge on any atom is -0.457 e. The zero-order valence-corrected chi connectivity index (χ0v) is 14.6. The molecule has 1 saturated carbocycles. The van der Waals surface area contributed by atoms with Crippen molar-refractivity contribution in [1.82, 2.24) is 0 Å². The lowest BCUT2D eigenvalue weighted by Crippen LogP contribution is -2.38. The van der Waals surface area contributed by atoms with Crippen molar-refractivity contribution < 1.29 is 9.53 Å². The van der Waals surface area contributed by atoms with Gasteiger partial charge in [0.25, 0.3) is 0 Å². The standard InChI is InChI=1S/C21H26O2/c1-13-6-8-14(9-7-13)18-17-15(19(22)23-18)12-16-20(2,3)10-5-11-21(16,17)4/h6-9,12,15,17-18H,5,10-11H2,1-4H3/t15-,17+,18-,21+/m1/s1. The topological polar surface area (TPSA) is 26.3 Å². The van der Waals surface area contributed by atoms with Gasteiger partial charge in [0, 0.05) is 5.92 Å². The Morgan fingerprint density at radius 2 is 1.78 bits per heavy atom. The summed E-state index contributed by atoms with van der Waals surface area (Å²) < 4.78 is 5.85. The van der Waals surface area contributed by atoms with E-state index in [1.54, 1.807) is 0 Å². The fraction of sp³-hybridized carbons (Fsp3) is 0.571. The molecule has 23 heavy (non-hydrogen) atoms. The average Bonchev–Trinajstić information content (AvgIpc) is 2.97. The van der Waals surface area contributed by atoms with Gasteiger partial charge in [0.1, 0.15) is 6.10 Å². The zero-order chi connectivity index (χ0) is 16.4. The van der Waals surface area contributed by atoms with E-state index in [0.717, 1.165) is 5.56 Å². The van der Waals surface area contributed by atoms with E-state index in [1.807, 2.05) is 0 Å². The number of benzene rings is 1. The van der Waals surface area contributed by atoms with Gasteiger partial charge < -0.3 is 4.74 Å². The van der Waals surface area contributed by atoms with Crippen molar-refractivity contribution in [1.29, 1.82) is 0 Å². The van der Waals surface area contributed by atoms with Gasteiger partial charge in [0.15, 0.2) is 0 Å². The Morgan fingerprint density at radius 1 is 1.09 bits per heavy atom. The van der Waals surface area contributed by atoms with Crippen LogP contribution in [0.3, 0.4) is 0 Å². The van der Waals surface area contributed by atoms with E-state index >= 15 is 0 Å². The largest absolute Gasteiger partial charge is 0.457 e. The molecule has 0 aromatic heterocycles. The number of rotatable bonds is 1. The van der Waals surface area contributed by atoms with Crippen LogP contribution in [0.25, 0.3) is 0 Å². The first-order valence-corrected chi connectivity index (χ1v) is 8.83. The predicted molar refractivity (Wildman–Crippen MR) is 90.8 cm³/mol. The van der Waals surface area contributed by atoms with Crippen LogP contribution in [0.1, 0.15) is 57.3 Å². The molecule has 2 aliphatic carbocycles. The second-order valence-corrected chi connectivity index (χ2v) is 8.55. The number of cyclic esters (lactones) is 1. The fourth-order valence-electron chi connectivity index (χ4n) is 5.43. The maximum Gasteiger partial charge on any atom is 0.313 e. The lowest BCUT2D eigenvalue weighted by atomic mass is 9.57. The quantitative estimate of drug-likeness (QED) is 0.540. The molecule has 4 rings (SSSR count). The molecule has 2 fully saturated rings. The molecular formula is C21H26O2. The molecule has 0 amide bonds. The predicted octanol–water partition coefficient (Wildman–Crippen LogP) is 4.98. The lowest BCUT2D eigenvalue weighted by Gasteiger charge is -2.47. The van der Waals surface area contributed by atoms with Crippen molar-refractivity contribution >= 4 is 5.97 Å². The van der Waals surface area contributed by atoms with Crippen molar-refractivity contribution in [3.63, 3.8) is 0 Å². The third-order valence-electron chi connectivity index (χ3n) is 6.56. The summed E-state index contributed by atoms with van der Waals surface area (Å²) in [6, 6.07) is 8.50. The van der Waals surface area contributed by atoms with Crippen LogP contribution in [-0.2, 0) is 9.53 Å². The van der Waals surface area contributed by atoms with Gasteiger partial charge in [-0.25, -0.2) is 0 Å². The van der Waals surface area contributed by atoms with Gasteiger partial charge in [-0.1, -0.05) is 68.7 Å². The molecule has 1 saturated heterocycles. The molecule has 2 heteroatoms. The maximum absolute atomic E-state index is 12.5. The number of esters is 1. The number of ether oxygens (including phenoxy) is 1. The summed E-state index contributed by atoms with van der Waals surface area (Å²) in [6.45, 7) is 9.13. The Balaban J connectivity index is 1.78. The average molecular weight is 310 g/mol. The molecule has 2 nitrogen and oxygen atoms in total. The van der Waals surface area contributed by atoms with Crippen LogP contribution in [0.15, 0.2) is 35.9 Å². The minimum atomic E-state index is -0.0965. The van der Waals surface area contributed by atoms with E-state index in [4.69, 9.17) is 4.74 Å². The fourth-order valence-corrected chi connectivity index (χ4v) is 5.43. The summed E-state index contributed by atoms with van der Waals surface area (Å²) in [5.74, 6) is 0.172. The summed E-state index contributed by atoms with van der Waals surface area (Å²) in [4.78, 5) is 12.5. The Hall–Kier alpha value is -1.57. The Labute approximate surface area is 138 Å². The van der Waals surface area contributed by atoms with Crippen molar-refractivity contribution in [3.05, 3.63) is 47.0 Å². The molecule has 1 aliphatic heterocycles. The summed E-state index contributed by atoms with van der Waals surface area (Å²) >= 11 is 0. The summed E-state index contributed by atoms with van der Waals surface area (Å²) in [6.07, 6.45) is 5.79. The van der Waals surface area contributed by atoms with Crippen molar-refractivity contribution in [2.24, 2.45) is 22.7 Å². The summed E-state index contributed by atoms with van der Waals surface area (Å²) in [5.41, 5.74) is 4.18. The van der Waals surface area contributed by atoms with Crippen molar-refractivity contribution in [2.75, 3.05) is 0 Å². The van der Waals surface area contributed by atoms with Gasteiger partial charge in [-0.15, -0.1) is 0 Å². The third-order valence-corrected chi connectivity index (χ3v) is 6.56. The van der Waals surface area contributed by atoms with E-state index in [0.29, 0.717) is 0 Å². The first kappa shape index (κ1) is 15.0. The Morgan fingerprint density at radius 3 is 2.48 bits per heavy atom. The van der Waals surface area contributed by atoms with E-state index in [-0.39, 0.29) is 34.7 Å². The number of allylic oxidation sites excluding steroid dienone is 1. The van der Waals surface area contributed by atoms with Gasteiger partial charge in [-0.3, -0.25) is 4.79 Å². The molecule has 0 spiro atoms. The van der Waals surface area contributed by atoms with Gasteiger partial charge in [0.05, 0.1) is 5.92 Å². The number of hydrogen-bond donors (Lipinski definition) is 0. The van der Waals surface area contributed by atoms with Crippen LogP contribution in [0.5, 0.6) is 0 Å². The highest BCUT2D eigenvalue weighted by Gasteiger charge is 2.61. The van der Waals surface area contributed by atoms with Crippen LogP contribution in [0.2, 0.25) is 0 Å². The normalized spacial score (nSPS) is 37.8. The molecule has 1 heterocycles. The van der Waals surface area contributed by atoms with Crippen LogP contribution < -0.4 is 0 Å². The lowest BCUT2D eigenvalue weighted by molar-refractivity contribution is -0.143. The number of carbonyl (C=O) groups is 1. The van der Waals surface area contributed by atoms with Gasteiger partial charge in [-0.2, -0.15) is 0 Å². The Bertz CT molecular complexity index is 682. The molecule has 122 valence electrons. The smallest absolute Gasteiger partial charge is 0.313 e. The molecule has 1 aromatic rings. The maximum atomic E-state index is 12.5. The van der Waals surface area contributed by atoms with Gasteiger partial charge in [0.2, 0.25) is 0 Å². The summed E-state index contributed by atoms with van der Waals surface area (Å²) in [5, 5.41) is 0. The van der Waals surface area contributed by atoms with Crippen LogP contribution in [0.4, 0.5) is 0 Å². The minimum absolute atomic E-state index is 0.0282. The SMILES string of the molecule is Cc1ccc([C@H]2OC(=O)[C@@H]3C=C4C(C)(C)CCC[C@]4(C)[C@H]23)cc1. The number of carbonyl (C=O) groups excluding carboxylic acids is 1. The summed E-state index contributed by atoms with van der Waals surface area (Å²) in [7, 11) is 0. The number of aryl methyl sites for hydroxylation is 1. The van der Waals surface area contributed by atoms with Crippen LogP contribution in [-0.4, -0.2) is 5.97 Å². The molecule has 1 aromatic carbocycles. The van der Waals surface area contributed by atoms with E-state index in [9.17, 15) is 4.79 Å². The van der Waals surface area contributed by atoms with E-state index in [2.05, 4.69) is 58.0 Å². The molecule has 3 aliphatic rings. The van der Waals surface area contributed by atoms with E-state index < -0.39 is 0 Å². The van der Waals surface area contributed by atoms with Crippen LogP contribution in [0, 0.1) is 29.6 Å². The van der Waals surface area contributed by atoms with Crippen LogP contribution >= 0.6 is 0 Å². The first-order chi connectivity index (χ1) is 10.8. The highest BCUT2D eigenvalue weighted by atomic mass is 16.6. The first-order valence-electron chi connectivity index (χ1n) is 8.83. The van der Waals surface area contributed by atoms with Gasteiger partial charge >= 0.3 is 5.97 Å². The molecule has 0 N–H and O–H groups in total. The highest BCUT2D eigenvalue weighted by Crippen LogP contribution is 2.65. The molecule has 0 radical (unpaired) electrons. The number of fused-ring (bicyclic) bond motifs is 3. The molecule has 4 atom stereocenters. The Kier molecular flexibility index (Phi) is 3.07. The zero-order valence-electron chi connectivity index (χ0n) is 14.6. The van der Waals surface area contributed by atoms with Crippen molar-refractivity contribution in [2.45, 2.75) is 53.1 Å². The number of hydrogen-bond acceptors (Lipinski definition) is 2.